The third-order valence-corrected chi connectivity index (χ3v) is 4.10. The van der Waals surface area contributed by atoms with Crippen LogP contribution in [0.25, 0.3) is 6.08 Å². The minimum absolute atomic E-state index is 0. The highest BCUT2D eigenvalue weighted by Gasteiger charge is 2.25. The summed E-state index contributed by atoms with van der Waals surface area (Å²) in [5.74, 6) is -1.03. The lowest BCUT2D eigenvalue weighted by atomic mass is 10.0. The number of ketones is 1. The minimum atomic E-state index is -0.845. The quantitative estimate of drug-likeness (QED) is 0.731. The maximum atomic E-state index is 12.7. The zero-order chi connectivity index (χ0) is 20.0. The summed E-state index contributed by atoms with van der Waals surface area (Å²) < 4.78 is 15.8. The van der Waals surface area contributed by atoms with Crippen LogP contribution >= 0.6 is 0 Å². The second-order valence-corrected chi connectivity index (χ2v) is 6.24. The molecule has 4 N–H and O–H groups in total. The number of cyclic esters (lactones) is 1. The topological polar surface area (TPSA) is 134 Å². The molecule has 1 heterocycles. The summed E-state index contributed by atoms with van der Waals surface area (Å²) in [5.41, 5.74) is 0.302. The third kappa shape index (κ3) is 5.58. The summed E-state index contributed by atoms with van der Waals surface area (Å²) in [7, 11) is 2.77. The lowest BCUT2D eigenvalue weighted by Crippen LogP contribution is -2.16. The van der Waals surface area contributed by atoms with Gasteiger partial charge in [-0.3, -0.25) is 4.79 Å². The smallest absolute Gasteiger partial charge is 0.342 e. The number of carbonyl (C=O) groups is 2. The molecule has 0 spiro atoms. The Balaban J connectivity index is 0.00000392. The fourth-order valence-corrected chi connectivity index (χ4v) is 2.76. The Morgan fingerprint density at radius 3 is 2.43 bits per heavy atom. The van der Waals surface area contributed by atoms with E-state index in [9.17, 15) is 19.8 Å². The zero-order valence-electron chi connectivity index (χ0n) is 16.1. The van der Waals surface area contributed by atoms with Crippen LogP contribution in [0, 0.1) is 0 Å². The van der Waals surface area contributed by atoms with Crippen molar-refractivity contribution in [2.45, 2.75) is 38.4 Å². The van der Waals surface area contributed by atoms with Crippen molar-refractivity contribution in [3.63, 3.8) is 0 Å². The second-order valence-electron chi connectivity index (χ2n) is 6.24. The first-order chi connectivity index (χ1) is 12.9. The number of phenols is 1. The van der Waals surface area contributed by atoms with Crippen molar-refractivity contribution >= 4 is 17.8 Å². The molecular weight excluding hydrogens is 368 g/mol. The number of aromatic hydroxyl groups is 1. The Hall–Kier alpha value is -2.84. The molecular formula is C20H26O8. The van der Waals surface area contributed by atoms with Crippen molar-refractivity contribution in [1.29, 1.82) is 0 Å². The van der Waals surface area contributed by atoms with Gasteiger partial charge < -0.3 is 29.9 Å². The molecule has 2 atom stereocenters. The Kier molecular flexibility index (Phi) is 8.69. The molecule has 8 heteroatoms. The van der Waals surface area contributed by atoms with E-state index in [1.165, 1.54) is 20.3 Å². The maximum absolute atomic E-state index is 12.7. The van der Waals surface area contributed by atoms with E-state index in [1.54, 1.807) is 31.2 Å². The Bertz CT molecular complexity index is 766. The van der Waals surface area contributed by atoms with Gasteiger partial charge in [-0.15, -0.1) is 0 Å². The maximum Gasteiger partial charge on any atom is 0.342 e. The van der Waals surface area contributed by atoms with Crippen molar-refractivity contribution in [1.82, 2.24) is 0 Å². The van der Waals surface area contributed by atoms with E-state index in [4.69, 9.17) is 14.2 Å². The van der Waals surface area contributed by atoms with Gasteiger partial charge in [-0.2, -0.15) is 0 Å². The number of phenolic OH excluding ortho intramolecular Hbond substituents is 1. The van der Waals surface area contributed by atoms with Gasteiger partial charge in [-0.05, 0) is 31.1 Å². The van der Waals surface area contributed by atoms with Crippen molar-refractivity contribution in [3.05, 3.63) is 35.4 Å². The molecule has 0 amide bonds. The average Bonchev–Trinajstić information content (AvgIpc) is 2.60. The lowest BCUT2D eigenvalue weighted by Gasteiger charge is -2.17. The summed E-state index contributed by atoms with van der Waals surface area (Å²) in [6.07, 6.45) is 5.34. The van der Waals surface area contributed by atoms with Gasteiger partial charge in [0.1, 0.15) is 11.7 Å². The Morgan fingerprint density at radius 1 is 1.11 bits per heavy atom. The molecule has 0 bridgehead atoms. The Labute approximate surface area is 163 Å². The first kappa shape index (κ1) is 23.2. The number of methoxy groups -OCH3 is 2. The molecule has 28 heavy (non-hydrogen) atoms. The number of fused-ring (bicyclic) bond motifs is 1. The van der Waals surface area contributed by atoms with Gasteiger partial charge in [-0.25, -0.2) is 4.79 Å². The van der Waals surface area contributed by atoms with E-state index in [1.807, 2.05) is 0 Å². The molecule has 1 aliphatic heterocycles. The predicted octanol–water partition coefficient (Wildman–Crippen LogP) is 1.81. The average molecular weight is 394 g/mol. The van der Waals surface area contributed by atoms with E-state index < -0.39 is 18.2 Å². The van der Waals surface area contributed by atoms with Gasteiger partial charge in [0, 0.05) is 12.8 Å². The van der Waals surface area contributed by atoms with Crippen LogP contribution in [0.15, 0.2) is 24.3 Å². The number of ether oxygens (including phenoxy) is 3. The fraction of sp³-hybridized carbons (Fsp3) is 0.400. The first-order valence-electron chi connectivity index (χ1n) is 8.60. The van der Waals surface area contributed by atoms with Crippen LogP contribution in [0.5, 0.6) is 17.2 Å². The van der Waals surface area contributed by atoms with Crippen molar-refractivity contribution in [3.8, 4) is 17.2 Å². The molecule has 0 saturated carbocycles. The van der Waals surface area contributed by atoms with Crippen LogP contribution < -0.4 is 9.47 Å². The summed E-state index contributed by atoms with van der Waals surface area (Å²) in [6, 6.07) is 1.54. The summed E-state index contributed by atoms with van der Waals surface area (Å²) in [5, 5.41) is 20.5. The number of aliphatic hydroxyl groups is 1. The molecule has 0 radical (unpaired) electrons. The van der Waals surface area contributed by atoms with Gasteiger partial charge in [0.25, 0.3) is 0 Å². The van der Waals surface area contributed by atoms with Crippen LogP contribution in [0.2, 0.25) is 0 Å². The van der Waals surface area contributed by atoms with E-state index in [2.05, 4.69) is 0 Å². The highest BCUT2D eigenvalue weighted by atomic mass is 16.5. The van der Waals surface area contributed by atoms with E-state index in [0.29, 0.717) is 12.0 Å². The number of allylic oxidation sites excluding steroid dienone is 1. The van der Waals surface area contributed by atoms with E-state index in [-0.39, 0.29) is 46.9 Å². The summed E-state index contributed by atoms with van der Waals surface area (Å²) in [6.45, 7) is 1.68. The molecule has 0 aromatic heterocycles. The van der Waals surface area contributed by atoms with Crippen molar-refractivity contribution in [2.24, 2.45) is 0 Å². The highest BCUT2D eigenvalue weighted by Crippen LogP contribution is 2.42. The van der Waals surface area contributed by atoms with Gasteiger partial charge in [0.2, 0.25) is 5.75 Å². The van der Waals surface area contributed by atoms with Crippen LogP contribution in [-0.2, 0) is 9.53 Å². The fourth-order valence-electron chi connectivity index (χ4n) is 2.76. The molecule has 8 nitrogen and oxygen atoms in total. The molecule has 1 aliphatic rings. The van der Waals surface area contributed by atoms with Crippen LogP contribution in [0.3, 0.4) is 0 Å². The van der Waals surface area contributed by atoms with E-state index >= 15 is 0 Å². The van der Waals surface area contributed by atoms with Gasteiger partial charge in [-0.1, -0.05) is 18.2 Å². The molecule has 0 aliphatic carbocycles. The normalized spacial score (nSPS) is 22.7. The number of benzene rings is 1. The van der Waals surface area contributed by atoms with Gasteiger partial charge in [0.15, 0.2) is 17.3 Å². The lowest BCUT2D eigenvalue weighted by molar-refractivity contribution is -0.116. The third-order valence-electron chi connectivity index (χ3n) is 4.10. The van der Waals surface area contributed by atoms with Crippen molar-refractivity contribution < 1.29 is 39.5 Å². The molecule has 0 fully saturated rings. The van der Waals surface area contributed by atoms with E-state index in [0.717, 1.165) is 0 Å². The van der Waals surface area contributed by atoms with Gasteiger partial charge >= 0.3 is 5.97 Å². The van der Waals surface area contributed by atoms with Crippen LogP contribution in [0.4, 0.5) is 0 Å². The highest BCUT2D eigenvalue weighted by molar-refractivity contribution is 5.98. The molecule has 1 aromatic carbocycles. The molecule has 154 valence electrons. The number of esters is 1. The number of aliphatic hydroxyl groups excluding tert-OH is 1. The minimum Gasteiger partial charge on any atom is -0.504 e. The summed E-state index contributed by atoms with van der Waals surface area (Å²) in [4.78, 5) is 24.4. The SMILES string of the molecule is COc1cc2c(c(O)c1OC)C(=O)O[C@@H](C)C/C=C\C(=O)C[C@@H](O)C/C=C/2.O. The molecule has 1 aromatic rings. The molecule has 0 saturated heterocycles. The molecule has 2 rings (SSSR count). The van der Waals surface area contributed by atoms with Crippen molar-refractivity contribution in [2.75, 3.05) is 14.2 Å². The molecule has 0 unspecified atom stereocenters. The Morgan fingerprint density at radius 2 is 1.79 bits per heavy atom. The second kappa shape index (κ2) is 10.5. The summed E-state index contributed by atoms with van der Waals surface area (Å²) >= 11 is 0. The van der Waals surface area contributed by atoms with Crippen LogP contribution in [-0.4, -0.2) is 53.9 Å². The zero-order valence-corrected chi connectivity index (χ0v) is 16.1. The standard InChI is InChI=1S/C20H24O7.H2O/c1-12-6-4-8-14(21)11-15(22)9-5-7-13-10-16(25-2)19(26-3)18(23)17(13)20(24)27-12;/h4-5,7-8,10,12,15,22-23H,6,9,11H2,1-3H3;1H2/b7-5+,8-4-;/t12-,15-;/m0./s1. The van der Waals surface area contributed by atoms with Crippen LogP contribution in [0.1, 0.15) is 42.1 Å². The van der Waals surface area contributed by atoms with Gasteiger partial charge in [0.05, 0.1) is 20.3 Å². The largest absolute Gasteiger partial charge is 0.504 e. The number of hydrogen-bond donors (Lipinski definition) is 2. The number of rotatable bonds is 2. The number of carbonyl (C=O) groups excluding carboxylic acids is 2. The first-order valence-corrected chi connectivity index (χ1v) is 8.60. The monoisotopic (exact) mass is 394 g/mol. The number of hydrogen-bond acceptors (Lipinski definition) is 7. The predicted molar refractivity (Wildman–Crippen MR) is 103 cm³/mol.